The summed E-state index contributed by atoms with van der Waals surface area (Å²) in [6, 6.07) is 11.9. The largest absolute Gasteiger partial charge is 0.491 e. The molecule has 0 saturated carbocycles. The van der Waals surface area contributed by atoms with Crippen LogP contribution in [-0.2, 0) is 21.3 Å². The summed E-state index contributed by atoms with van der Waals surface area (Å²) >= 11 is 0. The van der Waals surface area contributed by atoms with Gasteiger partial charge in [0.1, 0.15) is 29.8 Å². The number of nitrogens with one attached hydrogen (secondary N) is 1. The van der Waals surface area contributed by atoms with Gasteiger partial charge in [0.2, 0.25) is 0 Å². The molecule has 0 radical (unpaired) electrons. The number of amides is 1. The number of sulfonamides is 1. The van der Waals surface area contributed by atoms with Crippen LogP contribution in [0.25, 0.3) is 0 Å². The van der Waals surface area contributed by atoms with E-state index in [1.165, 1.54) is 41.3 Å². The smallest absolute Gasteiger partial charge is 0.261 e. The lowest BCUT2D eigenvalue weighted by atomic mass is 10.0. The maximum atomic E-state index is 14.6. The van der Waals surface area contributed by atoms with Crippen molar-refractivity contribution in [2.45, 2.75) is 37.4 Å². The third-order valence-electron chi connectivity index (χ3n) is 7.31. The van der Waals surface area contributed by atoms with E-state index in [1.807, 2.05) is 18.7 Å². The van der Waals surface area contributed by atoms with E-state index >= 15 is 0 Å². The Kier molecular flexibility index (Phi) is 9.80. The van der Waals surface area contributed by atoms with Crippen molar-refractivity contribution >= 4 is 21.6 Å². The number of carbonyl (C=O) groups is 1. The molecule has 3 aromatic carbocycles. The lowest BCUT2D eigenvalue weighted by Crippen LogP contribution is -2.46. The van der Waals surface area contributed by atoms with E-state index in [4.69, 9.17) is 9.47 Å². The van der Waals surface area contributed by atoms with E-state index < -0.39 is 39.5 Å². The van der Waals surface area contributed by atoms with E-state index in [0.717, 1.165) is 24.3 Å². The zero-order valence-electron chi connectivity index (χ0n) is 23.8. The van der Waals surface area contributed by atoms with Crippen molar-refractivity contribution in [2.75, 3.05) is 38.6 Å². The molecule has 3 atom stereocenters. The van der Waals surface area contributed by atoms with Crippen LogP contribution in [0.15, 0.2) is 65.6 Å². The zero-order valence-corrected chi connectivity index (χ0v) is 24.6. The number of fused-ring (bicyclic) bond motifs is 1. The molecule has 12 heteroatoms. The second-order valence-electron chi connectivity index (χ2n) is 10.5. The number of benzene rings is 3. The first-order chi connectivity index (χ1) is 19.9. The molecule has 1 N–H and O–H groups in total. The Bertz CT molecular complexity index is 1540. The molecule has 0 bridgehead atoms. The van der Waals surface area contributed by atoms with Crippen LogP contribution >= 0.6 is 0 Å². The van der Waals surface area contributed by atoms with Gasteiger partial charge < -0.3 is 14.4 Å². The van der Waals surface area contributed by atoms with Crippen LogP contribution in [-0.4, -0.2) is 70.1 Å². The average molecular weight is 606 g/mol. The number of rotatable bonds is 6. The standard InChI is InChI=1S/C30H34F3N3O5S/c1-19-15-36(16-21-12-23(32)8-10-27(21)33)20(2)18-41-28-11-9-24(14-26(28)30(37)35(3)17-29(19)40-4)34-42(38,39)25-7-5-6-22(31)13-25/h5-14,19-20,29,34H,15-18H2,1-4H3/t19-,20-,29-/m1/s1. The second kappa shape index (κ2) is 13.1. The Labute approximate surface area is 244 Å². The molecule has 42 heavy (non-hydrogen) atoms. The SMILES string of the molecule is CO[C@@H]1CN(C)C(=O)c2cc(NS(=O)(=O)c3cccc(F)c3)ccc2OC[C@@H](C)N(Cc2cc(F)ccc2F)C[C@H]1C. The van der Waals surface area contributed by atoms with Gasteiger partial charge in [0.25, 0.3) is 15.9 Å². The van der Waals surface area contributed by atoms with Crippen molar-refractivity contribution in [3.8, 4) is 5.75 Å². The minimum absolute atomic E-state index is 0.0865. The summed E-state index contributed by atoms with van der Waals surface area (Å²) in [4.78, 5) is 16.7. The first kappa shape index (κ1) is 31.3. The molecular weight excluding hydrogens is 571 g/mol. The van der Waals surface area contributed by atoms with Crippen LogP contribution in [0.3, 0.4) is 0 Å². The number of halogens is 3. The average Bonchev–Trinajstić information content (AvgIpc) is 2.95. The molecule has 0 saturated heterocycles. The molecule has 0 unspecified atom stereocenters. The molecule has 0 aromatic heterocycles. The van der Waals surface area contributed by atoms with Gasteiger partial charge in [-0.3, -0.25) is 14.4 Å². The van der Waals surface area contributed by atoms with Crippen LogP contribution in [0.4, 0.5) is 18.9 Å². The molecule has 3 aromatic rings. The van der Waals surface area contributed by atoms with Gasteiger partial charge in [0.15, 0.2) is 0 Å². The Balaban J connectivity index is 1.67. The first-order valence-electron chi connectivity index (χ1n) is 13.4. The predicted octanol–water partition coefficient (Wildman–Crippen LogP) is 4.91. The maximum absolute atomic E-state index is 14.6. The lowest BCUT2D eigenvalue weighted by molar-refractivity contribution is 0.00903. The number of hydrogen-bond donors (Lipinski definition) is 1. The Morgan fingerprint density at radius 3 is 2.45 bits per heavy atom. The Hall–Kier alpha value is -3.61. The van der Waals surface area contributed by atoms with Crippen LogP contribution in [0, 0.1) is 23.4 Å². The van der Waals surface area contributed by atoms with Gasteiger partial charge in [-0.15, -0.1) is 0 Å². The monoisotopic (exact) mass is 605 g/mol. The molecule has 0 fully saturated rings. The molecular formula is C30H34F3N3O5S. The minimum atomic E-state index is -4.15. The lowest BCUT2D eigenvalue weighted by Gasteiger charge is -2.36. The van der Waals surface area contributed by atoms with Crippen molar-refractivity contribution in [2.24, 2.45) is 5.92 Å². The normalized spacial score (nSPS) is 20.7. The maximum Gasteiger partial charge on any atom is 0.261 e. The fourth-order valence-electron chi connectivity index (χ4n) is 4.87. The van der Waals surface area contributed by atoms with Gasteiger partial charge in [0, 0.05) is 51.1 Å². The Morgan fingerprint density at radius 2 is 1.74 bits per heavy atom. The van der Waals surface area contributed by atoms with E-state index in [-0.39, 0.29) is 59.1 Å². The summed E-state index contributed by atoms with van der Waals surface area (Å²) in [5.41, 5.74) is 0.399. The highest BCUT2D eigenvalue weighted by molar-refractivity contribution is 7.92. The fourth-order valence-corrected chi connectivity index (χ4v) is 5.95. The van der Waals surface area contributed by atoms with Crippen molar-refractivity contribution in [1.29, 1.82) is 0 Å². The van der Waals surface area contributed by atoms with Gasteiger partial charge >= 0.3 is 0 Å². The van der Waals surface area contributed by atoms with Crippen LogP contribution < -0.4 is 9.46 Å². The molecule has 1 amide bonds. The highest BCUT2D eigenvalue weighted by Gasteiger charge is 2.29. The summed E-state index contributed by atoms with van der Waals surface area (Å²) < 4.78 is 82.1. The highest BCUT2D eigenvalue weighted by Crippen LogP contribution is 2.28. The summed E-state index contributed by atoms with van der Waals surface area (Å²) in [5.74, 6) is -2.08. The molecule has 8 nitrogen and oxygen atoms in total. The van der Waals surface area contributed by atoms with Crippen LogP contribution in [0.1, 0.15) is 29.8 Å². The second-order valence-corrected chi connectivity index (χ2v) is 12.2. The number of nitrogens with zero attached hydrogens (tertiary/aromatic N) is 2. The fraction of sp³-hybridized carbons (Fsp3) is 0.367. The number of anilines is 1. The van der Waals surface area contributed by atoms with Gasteiger partial charge in [-0.25, -0.2) is 21.6 Å². The predicted molar refractivity (Wildman–Crippen MR) is 152 cm³/mol. The van der Waals surface area contributed by atoms with Crippen LogP contribution in [0.5, 0.6) is 5.75 Å². The highest BCUT2D eigenvalue weighted by atomic mass is 32.2. The summed E-state index contributed by atoms with van der Waals surface area (Å²) in [7, 11) is -1.00. The zero-order chi connectivity index (χ0) is 30.6. The number of carbonyl (C=O) groups excluding carboxylic acids is 1. The summed E-state index contributed by atoms with van der Waals surface area (Å²) in [5, 5.41) is 0. The van der Waals surface area contributed by atoms with Gasteiger partial charge in [-0.2, -0.15) is 0 Å². The van der Waals surface area contributed by atoms with E-state index in [9.17, 15) is 26.4 Å². The number of methoxy groups -OCH3 is 1. The van der Waals surface area contributed by atoms with Crippen LogP contribution in [0.2, 0.25) is 0 Å². The molecule has 1 heterocycles. The quantitative estimate of drug-likeness (QED) is 0.430. The Morgan fingerprint density at radius 1 is 1.00 bits per heavy atom. The van der Waals surface area contributed by atoms with E-state index in [2.05, 4.69) is 4.72 Å². The first-order valence-corrected chi connectivity index (χ1v) is 14.9. The van der Waals surface area contributed by atoms with Gasteiger partial charge in [-0.05, 0) is 67.4 Å². The number of hydrogen-bond acceptors (Lipinski definition) is 6. The molecule has 0 aliphatic carbocycles. The number of likely N-dealkylation sites (N-methyl/N-ethyl adjacent to an activating group) is 1. The van der Waals surface area contributed by atoms with Crippen molar-refractivity contribution in [3.63, 3.8) is 0 Å². The summed E-state index contributed by atoms with van der Waals surface area (Å²) in [6.07, 6.45) is -0.399. The molecule has 1 aliphatic heterocycles. The molecule has 226 valence electrons. The van der Waals surface area contributed by atoms with E-state index in [0.29, 0.717) is 6.54 Å². The molecule has 1 aliphatic rings. The topological polar surface area (TPSA) is 88.2 Å². The van der Waals surface area contributed by atoms with Crippen molar-refractivity contribution in [3.05, 3.63) is 89.2 Å². The third-order valence-corrected chi connectivity index (χ3v) is 8.69. The van der Waals surface area contributed by atoms with Crippen molar-refractivity contribution < 1.29 is 35.9 Å². The number of ether oxygens (including phenoxy) is 2. The van der Waals surface area contributed by atoms with Gasteiger partial charge in [0.05, 0.1) is 16.6 Å². The molecule has 0 spiro atoms. The molecule has 4 rings (SSSR count). The van der Waals surface area contributed by atoms with Crippen molar-refractivity contribution in [1.82, 2.24) is 9.80 Å². The minimum Gasteiger partial charge on any atom is -0.491 e. The third kappa shape index (κ3) is 7.42. The summed E-state index contributed by atoms with van der Waals surface area (Å²) in [6.45, 7) is 4.71. The van der Waals surface area contributed by atoms with E-state index in [1.54, 1.807) is 14.2 Å². The van der Waals surface area contributed by atoms with Gasteiger partial charge in [-0.1, -0.05) is 13.0 Å².